The molecule has 0 saturated carbocycles. The largest absolute Gasteiger partial charge is 0.497 e. The van der Waals surface area contributed by atoms with E-state index in [1.807, 2.05) is 91.0 Å². The number of nitrogens with two attached hydrogens (primary N) is 1. The molecule has 0 fully saturated rings. The summed E-state index contributed by atoms with van der Waals surface area (Å²) in [6.07, 6.45) is 0. The Bertz CT molecular complexity index is 1610. The second-order valence-corrected chi connectivity index (χ2v) is 9.07. The van der Waals surface area contributed by atoms with Gasteiger partial charge in [-0.1, -0.05) is 102 Å². The monoisotopic (exact) mass is 500 g/mol. The summed E-state index contributed by atoms with van der Waals surface area (Å²) in [7, 11) is 1.64. The molecule has 2 N–H and O–H groups in total. The molecule has 0 bridgehead atoms. The summed E-state index contributed by atoms with van der Waals surface area (Å²) in [6, 6.07) is 37.8. The molecular weight excluding hydrogens is 472 g/mol. The Hall–Kier alpha value is -4.90. The van der Waals surface area contributed by atoms with E-state index >= 15 is 0 Å². The molecule has 5 rings (SSSR count). The molecule has 0 radical (unpaired) electrons. The van der Waals surface area contributed by atoms with Crippen molar-refractivity contribution in [2.75, 3.05) is 7.11 Å². The molecule has 0 aliphatic carbocycles. The number of hydrogen-bond acceptors (Lipinski definition) is 4. The maximum atomic E-state index is 12.8. The van der Waals surface area contributed by atoms with Gasteiger partial charge in [-0.2, -0.15) is 0 Å². The molecule has 5 aromatic rings. The fraction of sp³-hybridized carbons (Fsp3) is 0.0909. The number of benzene rings is 5. The molecule has 5 heteroatoms. The lowest BCUT2D eigenvalue weighted by Crippen LogP contribution is -2.17. The van der Waals surface area contributed by atoms with Crippen molar-refractivity contribution in [2.24, 2.45) is 10.9 Å². The standard InChI is InChI=1S/C33H28N2O3/c1-22(25-13-14-27-20-29(37-2)17-15-26(27)19-25)33(36)38-35-32(34)28-16-18-30(23-9-5-3-6-10-23)31(21-28)24-11-7-4-8-12-24/h3-22H,1-2H3,(H2,34,35). The van der Waals surface area contributed by atoms with E-state index in [9.17, 15) is 4.79 Å². The van der Waals surface area contributed by atoms with E-state index in [1.54, 1.807) is 14.0 Å². The van der Waals surface area contributed by atoms with Crippen LogP contribution in [0, 0.1) is 0 Å². The summed E-state index contributed by atoms with van der Waals surface area (Å²) in [4.78, 5) is 18.1. The van der Waals surface area contributed by atoms with Crippen LogP contribution in [0.15, 0.2) is 120 Å². The van der Waals surface area contributed by atoms with Gasteiger partial charge >= 0.3 is 5.97 Å². The first-order valence-corrected chi connectivity index (χ1v) is 12.4. The van der Waals surface area contributed by atoms with E-state index in [-0.39, 0.29) is 5.84 Å². The quantitative estimate of drug-likeness (QED) is 0.111. The van der Waals surface area contributed by atoms with Crippen molar-refractivity contribution in [1.29, 1.82) is 0 Å². The predicted octanol–water partition coefficient (Wildman–Crippen LogP) is 7.15. The van der Waals surface area contributed by atoms with Crippen LogP contribution >= 0.6 is 0 Å². The van der Waals surface area contributed by atoms with Crippen LogP contribution in [0.1, 0.15) is 24.0 Å². The second-order valence-electron chi connectivity index (χ2n) is 9.07. The molecule has 0 aliphatic heterocycles. The Morgan fingerprint density at radius 3 is 2.05 bits per heavy atom. The molecule has 0 heterocycles. The number of nitrogens with zero attached hydrogens (tertiary/aromatic N) is 1. The van der Waals surface area contributed by atoms with Crippen molar-refractivity contribution in [2.45, 2.75) is 12.8 Å². The SMILES string of the molecule is COc1ccc2cc(C(C)C(=O)O/N=C(\N)c3ccc(-c4ccccc4)c(-c4ccccc4)c3)ccc2c1. The van der Waals surface area contributed by atoms with Gasteiger partial charge in [0.1, 0.15) is 5.75 Å². The van der Waals surface area contributed by atoms with Crippen LogP contribution in [0.2, 0.25) is 0 Å². The normalized spacial score (nSPS) is 12.2. The first-order valence-electron chi connectivity index (χ1n) is 12.4. The van der Waals surface area contributed by atoms with Gasteiger partial charge in [-0.15, -0.1) is 0 Å². The number of carbonyl (C=O) groups is 1. The minimum atomic E-state index is -0.515. The van der Waals surface area contributed by atoms with Crippen molar-refractivity contribution in [3.8, 4) is 28.0 Å². The van der Waals surface area contributed by atoms with Crippen LogP contribution in [0.25, 0.3) is 33.0 Å². The fourth-order valence-corrected chi connectivity index (χ4v) is 4.43. The van der Waals surface area contributed by atoms with Crippen molar-refractivity contribution in [3.63, 3.8) is 0 Å². The molecule has 1 atom stereocenters. The summed E-state index contributed by atoms with van der Waals surface area (Å²) in [5.41, 5.74) is 12.0. The number of rotatable bonds is 7. The number of carbonyl (C=O) groups excluding carboxylic acids is 1. The first kappa shape index (κ1) is 24.8. The Balaban J connectivity index is 1.38. The molecule has 38 heavy (non-hydrogen) atoms. The third-order valence-electron chi connectivity index (χ3n) is 6.64. The van der Waals surface area contributed by atoms with Crippen molar-refractivity contribution >= 4 is 22.6 Å². The fourth-order valence-electron chi connectivity index (χ4n) is 4.43. The average molecular weight is 501 g/mol. The van der Waals surface area contributed by atoms with Gasteiger partial charge in [-0.25, -0.2) is 4.79 Å². The van der Waals surface area contributed by atoms with Gasteiger partial charge in [0.15, 0.2) is 5.84 Å². The molecular formula is C33H28N2O3. The van der Waals surface area contributed by atoms with E-state index in [0.29, 0.717) is 5.56 Å². The predicted molar refractivity (Wildman–Crippen MR) is 153 cm³/mol. The minimum absolute atomic E-state index is 0.132. The molecule has 5 nitrogen and oxygen atoms in total. The lowest BCUT2D eigenvalue weighted by Gasteiger charge is -2.13. The summed E-state index contributed by atoms with van der Waals surface area (Å²) in [6.45, 7) is 1.79. The maximum Gasteiger partial charge on any atom is 0.342 e. The van der Waals surface area contributed by atoms with Gasteiger partial charge in [-0.05, 0) is 63.7 Å². The molecule has 0 aliphatic rings. The number of hydrogen-bond donors (Lipinski definition) is 1. The lowest BCUT2D eigenvalue weighted by molar-refractivity contribution is -0.145. The van der Waals surface area contributed by atoms with Crippen LogP contribution in [-0.2, 0) is 9.63 Å². The molecule has 1 unspecified atom stereocenters. The van der Waals surface area contributed by atoms with Crippen LogP contribution in [0.4, 0.5) is 0 Å². The summed E-state index contributed by atoms with van der Waals surface area (Å²) in [5.74, 6) is -0.0777. The highest BCUT2D eigenvalue weighted by Crippen LogP contribution is 2.33. The summed E-state index contributed by atoms with van der Waals surface area (Å²) < 4.78 is 5.29. The molecule has 0 amide bonds. The van der Waals surface area contributed by atoms with Crippen molar-refractivity contribution < 1.29 is 14.4 Å². The zero-order valence-electron chi connectivity index (χ0n) is 21.3. The van der Waals surface area contributed by atoms with Gasteiger partial charge in [0.05, 0.1) is 13.0 Å². The van der Waals surface area contributed by atoms with Gasteiger partial charge < -0.3 is 15.3 Å². The van der Waals surface area contributed by atoms with Crippen LogP contribution in [-0.4, -0.2) is 18.9 Å². The summed E-state index contributed by atoms with van der Waals surface area (Å²) in [5, 5.41) is 6.03. The van der Waals surface area contributed by atoms with E-state index in [0.717, 1.165) is 44.3 Å². The zero-order chi connectivity index (χ0) is 26.5. The van der Waals surface area contributed by atoms with Gasteiger partial charge in [0.25, 0.3) is 0 Å². The smallest absolute Gasteiger partial charge is 0.342 e. The first-order chi connectivity index (χ1) is 18.5. The van der Waals surface area contributed by atoms with Gasteiger partial charge in [0, 0.05) is 5.56 Å². The number of methoxy groups -OCH3 is 1. The Morgan fingerprint density at radius 2 is 1.37 bits per heavy atom. The molecule has 0 aromatic heterocycles. The van der Waals surface area contributed by atoms with E-state index in [1.165, 1.54) is 0 Å². The van der Waals surface area contributed by atoms with Crippen LogP contribution < -0.4 is 10.5 Å². The molecule has 5 aromatic carbocycles. The number of oxime groups is 1. The van der Waals surface area contributed by atoms with E-state index in [2.05, 4.69) is 29.4 Å². The summed E-state index contributed by atoms with van der Waals surface area (Å²) >= 11 is 0. The Morgan fingerprint density at radius 1 is 0.737 bits per heavy atom. The maximum absolute atomic E-state index is 12.8. The molecule has 0 spiro atoms. The number of fused-ring (bicyclic) bond motifs is 1. The highest BCUT2D eigenvalue weighted by Gasteiger charge is 2.18. The van der Waals surface area contributed by atoms with Crippen molar-refractivity contribution in [1.82, 2.24) is 0 Å². The zero-order valence-corrected chi connectivity index (χ0v) is 21.3. The average Bonchev–Trinajstić information content (AvgIpc) is 2.99. The number of ether oxygens (including phenoxy) is 1. The molecule has 188 valence electrons. The van der Waals surface area contributed by atoms with Crippen LogP contribution in [0.5, 0.6) is 5.75 Å². The topological polar surface area (TPSA) is 73.9 Å². The van der Waals surface area contributed by atoms with E-state index in [4.69, 9.17) is 15.3 Å². The van der Waals surface area contributed by atoms with Gasteiger partial charge in [0.2, 0.25) is 0 Å². The third-order valence-corrected chi connectivity index (χ3v) is 6.64. The lowest BCUT2D eigenvalue weighted by atomic mass is 9.92. The molecule has 0 saturated heterocycles. The number of amidine groups is 1. The van der Waals surface area contributed by atoms with E-state index < -0.39 is 11.9 Å². The highest BCUT2D eigenvalue weighted by molar-refractivity contribution is 6.00. The van der Waals surface area contributed by atoms with Crippen LogP contribution in [0.3, 0.4) is 0 Å². The second kappa shape index (κ2) is 11.0. The Labute approximate surface area is 222 Å². The minimum Gasteiger partial charge on any atom is -0.497 e. The highest BCUT2D eigenvalue weighted by atomic mass is 16.7. The van der Waals surface area contributed by atoms with Crippen molar-refractivity contribution in [3.05, 3.63) is 126 Å². The van der Waals surface area contributed by atoms with Gasteiger partial charge in [-0.3, -0.25) is 0 Å². The third kappa shape index (κ3) is 5.27. The Kier molecular flexibility index (Phi) is 7.18.